The van der Waals surface area contributed by atoms with Crippen LogP contribution in [0.1, 0.15) is 5.56 Å². The zero-order valence-electron chi connectivity index (χ0n) is 14.9. The van der Waals surface area contributed by atoms with Crippen LogP contribution in [0.25, 0.3) is 0 Å². The smallest absolute Gasteiger partial charge is 0.269 e. The lowest BCUT2D eigenvalue weighted by molar-refractivity contribution is -0.384. The van der Waals surface area contributed by atoms with E-state index in [0.29, 0.717) is 23.8 Å². The molecule has 0 aliphatic heterocycles. The minimum absolute atomic E-state index is 0.0405. The van der Waals surface area contributed by atoms with E-state index in [0.717, 1.165) is 5.56 Å². The number of para-hydroxylation sites is 2. The minimum atomic E-state index is -0.497. The molecule has 3 aromatic carbocycles. The molecule has 0 heterocycles. The van der Waals surface area contributed by atoms with Gasteiger partial charge in [0.15, 0.2) is 6.61 Å². The highest BCUT2D eigenvalue weighted by atomic mass is 16.6. The molecule has 28 heavy (non-hydrogen) atoms. The fourth-order valence-electron chi connectivity index (χ4n) is 2.43. The van der Waals surface area contributed by atoms with Crippen molar-refractivity contribution in [1.29, 1.82) is 0 Å². The summed E-state index contributed by atoms with van der Waals surface area (Å²) >= 11 is 0. The molecule has 0 spiro atoms. The molecule has 7 nitrogen and oxygen atoms in total. The standard InChI is InChI=1S/C21H18N2O5/c24-21(15-27-18-12-10-17(11-13-18)23(25)26)22-19-8-4-5-9-20(19)28-14-16-6-2-1-3-7-16/h1-13H,14-15H2,(H,22,24). The molecule has 0 aromatic heterocycles. The minimum Gasteiger partial charge on any atom is -0.487 e. The molecule has 1 amide bonds. The monoisotopic (exact) mass is 378 g/mol. The maximum Gasteiger partial charge on any atom is 0.269 e. The highest BCUT2D eigenvalue weighted by molar-refractivity contribution is 5.93. The van der Waals surface area contributed by atoms with E-state index >= 15 is 0 Å². The number of nitro groups is 1. The van der Waals surface area contributed by atoms with Crippen LogP contribution in [0, 0.1) is 10.1 Å². The van der Waals surface area contributed by atoms with Crippen LogP contribution in [-0.2, 0) is 11.4 Å². The van der Waals surface area contributed by atoms with Crippen molar-refractivity contribution in [3.05, 3.63) is 94.5 Å². The van der Waals surface area contributed by atoms with Crippen LogP contribution in [0.3, 0.4) is 0 Å². The van der Waals surface area contributed by atoms with Crippen molar-refractivity contribution >= 4 is 17.3 Å². The van der Waals surface area contributed by atoms with Gasteiger partial charge >= 0.3 is 0 Å². The van der Waals surface area contributed by atoms with E-state index in [1.807, 2.05) is 36.4 Å². The molecular formula is C21H18N2O5. The summed E-state index contributed by atoms with van der Waals surface area (Å²) < 4.78 is 11.2. The number of nitrogens with one attached hydrogen (secondary N) is 1. The first-order chi connectivity index (χ1) is 13.6. The summed E-state index contributed by atoms with van der Waals surface area (Å²) in [5.41, 5.74) is 1.52. The first-order valence-corrected chi connectivity index (χ1v) is 8.54. The van der Waals surface area contributed by atoms with Crippen molar-refractivity contribution in [2.45, 2.75) is 6.61 Å². The van der Waals surface area contributed by atoms with E-state index in [2.05, 4.69) is 5.32 Å². The molecule has 0 aliphatic rings. The van der Waals surface area contributed by atoms with Gasteiger partial charge in [0.2, 0.25) is 0 Å². The topological polar surface area (TPSA) is 90.7 Å². The number of nitrogens with zero attached hydrogens (tertiary/aromatic N) is 1. The fraction of sp³-hybridized carbons (Fsp3) is 0.0952. The van der Waals surface area contributed by atoms with Crippen LogP contribution in [0.15, 0.2) is 78.9 Å². The van der Waals surface area contributed by atoms with E-state index in [1.165, 1.54) is 24.3 Å². The van der Waals surface area contributed by atoms with Gasteiger partial charge in [-0.15, -0.1) is 0 Å². The van der Waals surface area contributed by atoms with Crippen molar-refractivity contribution in [1.82, 2.24) is 0 Å². The number of non-ortho nitro benzene ring substituents is 1. The molecule has 0 radical (unpaired) electrons. The van der Waals surface area contributed by atoms with Gasteiger partial charge in [0.25, 0.3) is 11.6 Å². The Morgan fingerprint density at radius 3 is 2.29 bits per heavy atom. The maximum absolute atomic E-state index is 12.2. The predicted molar refractivity (Wildman–Crippen MR) is 104 cm³/mol. The average molecular weight is 378 g/mol. The van der Waals surface area contributed by atoms with Gasteiger partial charge in [0.05, 0.1) is 10.6 Å². The SMILES string of the molecule is O=C(COc1ccc([N+](=O)[O-])cc1)Nc1ccccc1OCc1ccccc1. The van der Waals surface area contributed by atoms with E-state index in [-0.39, 0.29) is 18.2 Å². The second kappa shape index (κ2) is 9.18. The van der Waals surface area contributed by atoms with E-state index in [4.69, 9.17) is 9.47 Å². The predicted octanol–water partition coefficient (Wildman–Crippen LogP) is 4.19. The number of carbonyl (C=O) groups excluding carboxylic acids is 1. The lowest BCUT2D eigenvalue weighted by Gasteiger charge is -2.13. The van der Waals surface area contributed by atoms with Crippen molar-refractivity contribution in [3.8, 4) is 11.5 Å². The molecule has 0 saturated carbocycles. The third-order valence-electron chi connectivity index (χ3n) is 3.82. The molecule has 0 aliphatic carbocycles. The Morgan fingerprint density at radius 1 is 0.893 bits per heavy atom. The first kappa shape index (κ1) is 18.9. The molecule has 0 atom stereocenters. The number of hydrogen-bond donors (Lipinski definition) is 1. The van der Waals surface area contributed by atoms with Crippen LogP contribution < -0.4 is 14.8 Å². The largest absolute Gasteiger partial charge is 0.487 e. The summed E-state index contributed by atoms with van der Waals surface area (Å²) in [6.45, 7) is 0.151. The Labute approximate surface area is 161 Å². The van der Waals surface area contributed by atoms with Crippen molar-refractivity contribution < 1.29 is 19.2 Å². The van der Waals surface area contributed by atoms with Gasteiger partial charge in [-0.25, -0.2) is 0 Å². The van der Waals surface area contributed by atoms with Gasteiger partial charge in [-0.2, -0.15) is 0 Å². The van der Waals surface area contributed by atoms with Crippen LogP contribution in [0.5, 0.6) is 11.5 Å². The Balaban J connectivity index is 1.55. The number of carbonyl (C=O) groups is 1. The quantitative estimate of drug-likeness (QED) is 0.469. The van der Waals surface area contributed by atoms with Crippen molar-refractivity contribution in [2.24, 2.45) is 0 Å². The van der Waals surface area contributed by atoms with Crippen molar-refractivity contribution in [3.63, 3.8) is 0 Å². The summed E-state index contributed by atoms with van der Waals surface area (Å²) in [6, 6.07) is 22.4. The Kier molecular flexibility index (Phi) is 6.20. The first-order valence-electron chi connectivity index (χ1n) is 8.54. The molecule has 0 unspecified atom stereocenters. The summed E-state index contributed by atoms with van der Waals surface area (Å²) in [5.74, 6) is 0.554. The Morgan fingerprint density at radius 2 is 1.57 bits per heavy atom. The summed E-state index contributed by atoms with van der Waals surface area (Å²) in [4.78, 5) is 22.3. The van der Waals surface area contributed by atoms with Crippen LogP contribution >= 0.6 is 0 Å². The number of anilines is 1. The number of benzene rings is 3. The number of nitro benzene ring substituents is 1. The maximum atomic E-state index is 12.2. The molecule has 3 aromatic rings. The lowest BCUT2D eigenvalue weighted by atomic mass is 10.2. The molecule has 7 heteroatoms. The van der Waals surface area contributed by atoms with Crippen LogP contribution in [0.4, 0.5) is 11.4 Å². The Hall–Kier alpha value is -3.87. The van der Waals surface area contributed by atoms with Crippen LogP contribution in [-0.4, -0.2) is 17.4 Å². The summed E-state index contributed by atoms with van der Waals surface area (Å²) in [7, 11) is 0. The number of amides is 1. The summed E-state index contributed by atoms with van der Waals surface area (Å²) in [5, 5.41) is 13.4. The van der Waals surface area contributed by atoms with Gasteiger partial charge in [-0.05, 0) is 29.8 Å². The third-order valence-corrected chi connectivity index (χ3v) is 3.82. The van der Waals surface area contributed by atoms with E-state index in [9.17, 15) is 14.9 Å². The van der Waals surface area contributed by atoms with Gasteiger partial charge in [-0.1, -0.05) is 42.5 Å². The van der Waals surface area contributed by atoms with E-state index in [1.54, 1.807) is 18.2 Å². The van der Waals surface area contributed by atoms with Gasteiger partial charge in [-0.3, -0.25) is 14.9 Å². The molecule has 0 saturated heterocycles. The highest BCUT2D eigenvalue weighted by Gasteiger charge is 2.10. The molecule has 142 valence electrons. The third kappa shape index (κ3) is 5.31. The fourth-order valence-corrected chi connectivity index (χ4v) is 2.43. The molecule has 0 bridgehead atoms. The van der Waals surface area contributed by atoms with Crippen LogP contribution in [0.2, 0.25) is 0 Å². The molecule has 1 N–H and O–H groups in total. The number of rotatable bonds is 8. The number of ether oxygens (including phenoxy) is 2. The normalized spacial score (nSPS) is 10.1. The molecular weight excluding hydrogens is 360 g/mol. The zero-order valence-corrected chi connectivity index (χ0v) is 14.9. The average Bonchev–Trinajstić information content (AvgIpc) is 2.72. The second-order valence-corrected chi connectivity index (χ2v) is 5.86. The molecule has 0 fully saturated rings. The van der Waals surface area contributed by atoms with Gasteiger partial charge in [0, 0.05) is 12.1 Å². The van der Waals surface area contributed by atoms with E-state index < -0.39 is 4.92 Å². The van der Waals surface area contributed by atoms with Gasteiger partial charge < -0.3 is 14.8 Å². The Bertz CT molecular complexity index is 943. The molecule has 3 rings (SSSR count). The highest BCUT2D eigenvalue weighted by Crippen LogP contribution is 2.25. The van der Waals surface area contributed by atoms with Gasteiger partial charge in [0.1, 0.15) is 18.1 Å². The number of hydrogen-bond acceptors (Lipinski definition) is 5. The summed E-state index contributed by atoms with van der Waals surface area (Å²) in [6.07, 6.45) is 0. The van der Waals surface area contributed by atoms with Crippen molar-refractivity contribution in [2.75, 3.05) is 11.9 Å². The lowest BCUT2D eigenvalue weighted by Crippen LogP contribution is -2.20. The zero-order chi connectivity index (χ0) is 19.8. The second-order valence-electron chi connectivity index (χ2n) is 5.86.